The Balaban J connectivity index is 2.36. The molecular formula is C15H22BrNO3S. The van der Waals surface area contributed by atoms with Gasteiger partial charge in [-0.1, -0.05) is 13.3 Å². The number of nitrogens with zero attached hydrogens (tertiary/aromatic N) is 1. The normalized spacial score (nSPS) is 20.4. The monoisotopic (exact) mass is 375 g/mol. The van der Waals surface area contributed by atoms with Crippen molar-refractivity contribution in [1.82, 2.24) is 4.31 Å². The van der Waals surface area contributed by atoms with Crippen LogP contribution in [0.5, 0.6) is 5.75 Å². The van der Waals surface area contributed by atoms with E-state index in [4.69, 9.17) is 4.74 Å². The van der Waals surface area contributed by atoms with E-state index in [0.29, 0.717) is 23.8 Å². The Bertz CT molecular complexity index is 589. The van der Waals surface area contributed by atoms with Crippen molar-refractivity contribution in [2.24, 2.45) is 0 Å². The van der Waals surface area contributed by atoms with Crippen molar-refractivity contribution in [3.8, 4) is 5.75 Å². The summed E-state index contributed by atoms with van der Waals surface area (Å²) in [6.07, 6.45) is 3.85. The first-order valence-electron chi connectivity index (χ1n) is 7.44. The zero-order valence-electron chi connectivity index (χ0n) is 12.5. The molecule has 0 N–H and O–H groups in total. The van der Waals surface area contributed by atoms with E-state index in [-0.39, 0.29) is 6.04 Å². The van der Waals surface area contributed by atoms with Gasteiger partial charge in [0.05, 0.1) is 16.0 Å². The van der Waals surface area contributed by atoms with E-state index < -0.39 is 10.0 Å². The van der Waals surface area contributed by atoms with Crippen LogP contribution in [0.25, 0.3) is 0 Å². The van der Waals surface area contributed by atoms with Crippen LogP contribution in [-0.4, -0.2) is 31.9 Å². The summed E-state index contributed by atoms with van der Waals surface area (Å²) in [5, 5.41) is 0. The molecule has 6 heteroatoms. The van der Waals surface area contributed by atoms with Crippen LogP contribution in [0.2, 0.25) is 0 Å². The molecule has 1 aromatic rings. The Morgan fingerprint density at radius 2 is 2.10 bits per heavy atom. The van der Waals surface area contributed by atoms with Crippen molar-refractivity contribution in [3.05, 3.63) is 22.7 Å². The summed E-state index contributed by atoms with van der Waals surface area (Å²) in [5.74, 6) is 0.573. The number of sulfonamides is 1. The average molecular weight is 376 g/mol. The first kappa shape index (κ1) is 16.8. The topological polar surface area (TPSA) is 46.6 Å². The van der Waals surface area contributed by atoms with Gasteiger partial charge in [0.2, 0.25) is 10.0 Å². The molecule has 0 aliphatic carbocycles. The van der Waals surface area contributed by atoms with Gasteiger partial charge in [-0.25, -0.2) is 8.42 Å². The van der Waals surface area contributed by atoms with Gasteiger partial charge in [0.15, 0.2) is 0 Å². The van der Waals surface area contributed by atoms with Gasteiger partial charge < -0.3 is 4.74 Å². The predicted molar refractivity (Wildman–Crippen MR) is 87.1 cm³/mol. The number of hydrogen-bond acceptors (Lipinski definition) is 3. The number of benzene rings is 1. The third-order valence-electron chi connectivity index (χ3n) is 3.85. The number of rotatable bonds is 5. The van der Waals surface area contributed by atoms with E-state index in [9.17, 15) is 8.42 Å². The van der Waals surface area contributed by atoms with Gasteiger partial charge in [-0.2, -0.15) is 4.31 Å². The molecule has 0 radical (unpaired) electrons. The molecule has 0 saturated carbocycles. The third-order valence-corrected chi connectivity index (χ3v) is 6.46. The zero-order valence-corrected chi connectivity index (χ0v) is 14.9. The highest BCUT2D eigenvalue weighted by Gasteiger charge is 2.32. The molecule has 1 heterocycles. The summed E-state index contributed by atoms with van der Waals surface area (Å²) < 4.78 is 33.7. The lowest BCUT2D eigenvalue weighted by molar-refractivity contribution is 0.246. The van der Waals surface area contributed by atoms with Crippen LogP contribution >= 0.6 is 15.9 Å². The minimum atomic E-state index is -3.45. The Kier molecular flexibility index (Phi) is 5.68. The van der Waals surface area contributed by atoms with Crippen LogP contribution in [0.4, 0.5) is 0 Å². The average Bonchev–Trinajstić information content (AvgIpc) is 2.49. The van der Waals surface area contributed by atoms with Crippen molar-refractivity contribution < 1.29 is 13.2 Å². The molecule has 21 heavy (non-hydrogen) atoms. The molecule has 4 nitrogen and oxygen atoms in total. The van der Waals surface area contributed by atoms with Gasteiger partial charge in [0.25, 0.3) is 0 Å². The van der Waals surface area contributed by atoms with Gasteiger partial charge in [0, 0.05) is 18.7 Å². The highest BCUT2D eigenvalue weighted by molar-refractivity contribution is 9.10. The summed E-state index contributed by atoms with van der Waals surface area (Å²) >= 11 is 3.39. The van der Waals surface area contributed by atoms with E-state index in [1.165, 1.54) is 0 Å². The second-order valence-corrected chi connectivity index (χ2v) is 7.94. The minimum absolute atomic E-state index is 0.114. The number of piperidine rings is 1. The van der Waals surface area contributed by atoms with Crippen LogP contribution in [0.1, 0.15) is 39.5 Å². The SMILES string of the molecule is CCOc1cc(S(=O)(=O)N2CCCCC2CC)ccc1Br. The van der Waals surface area contributed by atoms with Crippen LogP contribution < -0.4 is 4.74 Å². The molecule has 1 atom stereocenters. The maximum absolute atomic E-state index is 12.9. The highest BCUT2D eigenvalue weighted by atomic mass is 79.9. The van der Waals surface area contributed by atoms with Gasteiger partial charge in [0.1, 0.15) is 5.75 Å². The Labute approximate surface area is 135 Å². The molecule has 118 valence electrons. The maximum Gasteiger partial charge on any atom is 0.243 e. The number of hydrogen-bond donors (Lipinski definition) is 0. The number of ether oxygens (including phenoxy) is 1. The predicted octanol–water partition coefficient (Wildman–Crippen LogP) is 3.80. The lowest BCUT2D eigenvalue weighted by Gasteiger charge is -2.34. The summed E-state index contributed by atoms with van der Waals surface area (Å²) in [6, 6.07) is 5.11. The van der Waals surface area contributed by atoms with Crippen LogP contribution in [0.3, 0.4) is 0 Å². The van der Waals surface area contributed by atoms with Gasteiger partial charge >= 0.3 is 0 Å². The highest BCUT2D eigenvalue weighted by Crippen LogP contribution is 2.32. The molecule has 1 saturated heterocycles. The molecule has 1 fully saturated rings. The molecule has 1 aliphatic rings. The summed E-state index contributed by atoms with van der Waals surface area (Å²) in [7, 11) is -3.45. The van der Waals surface area contributed by atoms with Crippen LogP contribution in [0.15, 0.2) is 27.6 Å². The van der Waals surface area contributed by atoms with Crippen molar-refractivity contribution >= 4 is 26.0 Å². The van der Waals surface area contributed by atoms with Crippen molar-refractivity contribution in [3.63, 3.8) is 0 Å². The molecule has 1 unspecified atom stereocenters. The maximum atomic E-state index is 12.9. The van der Waals surface area contributed by atoms with Crippen molar-refractivity contribution in [2.45, 2.75) is 50.5 Å². The van der Waals surface area contributed by atoms with Crippen LogP contribution in [0, 0.1) is 0 Å². The summed E-state index contributed by atoms with van der Waals surface area (Å²) in [6.45, 7) is 5.04. The Morgan fingerprint density at radius 3 is 2.76 bits per heavy atom. The second kappa shape index (κ2) is 7.11. The summed E-state index contributed by atoms with van der Waals surface area (Å²) in [4.78, 5) is 0.314. The lowest BCUT2D eigenvalue weighted by Crippen LogP contribution is -2.43. The fourth-order valence-electron chi connectivity index (χ4n) is 2.74. The lowest BCUT2D eigenvalue weighted by atomic mass is 10.0. The van der Waals surface area contributed by atoms with E-state index in [1.54, 1.807) is 22.5 Å². The second-order valence-electron chi connectivity index (χ2n) is 5.20. The van der Waals surface area contributed by atoms with Crippen molar-refractivity contribution in [1.29, 1.82) is 0 Å². The molecule has 0 bridgehead atoms. The standard InChI is InChI=1S/C15H22BrNO3S/c1-3-12-7-5-6-10-17(12)21(18,19)13-8-9-14(16)15(11-13)20-4-2/h8-9,11-12H,3-7,10H2,1-2H3. The molecule has 0 aromatic heterocycles. The van der Waals surface area contributed by atoms with E-state index in [1.807, 2.05) is 13.8 Å². The quantitative estimate of drug-likeness (QED) is 0.785. The van der Waals surface area contributed by atoms with Crippen LogP contribution in [-0.2, 0) is 10.0 Å². The Morgan fingerprint density at radius 1 is 1.33 bits per heavy atom. The number of halogens is 1. The minimum Gasteiger partial charge on any atom is -0.493 e. The van der Waals surface area contributed by atoms with Crippen molar-refractivity contribution in [2.75, 3.05) is 13.2 Å². The molecule has 2 rings (SSSR count). The molecule has 0 amide bonds. The largest absolute Gasteiger partial charge is 0.493 e. The summed E-state index contributed by atoms with van der Waals surface area (Å²) in [5.41, 5.74) is 0. The molecule has 1 aliphatic heterocycles. The van der Waals surface area contributed by atoms with Gasteiger partial charge in [-0.05, 0) is 54.2 Å². The zero-order chi connectivity index (χ0) is 15.5. The van der Waals surface area contributed by atoms with Gasteiger partial charge in [-0.15, -0.1) is 0 Å². The van der Waals surface area contributed by atoms with Gasteiger partial charge in [-0.3, -0.25) is 0 Å². The third kappa shape index (κ3) is 3.60. The first-order valence-corrected chi connectivity index (χ1v) is 9.68. The fourth-order valence-corrected chi connectivity index (χ4v) is 4.89. The van der Waals surface area contributed by atoms with E-state index >= 15 is 0 Å². The molecule has 0 spiro atoms. The fraction of sp³-hybridized carbons (Fsp3) is 0.600. The molecule has 1 aromatic carbocycles. The Hall–Kier alpha value is -0.590. The smallest absolute Gasteiger partial charge is 0.243 e. The first-order chi connectivity index (χ1) is 10.0. The molecular weight excluding hydrogens is 354 g/mol. The van der Waals surface area contributed by atoms with E-state index in [0.717, 1.165) is 30.2 Å². The van der Waals surface area contributed by atoms with E-state index in [2.05, 4.69) is 15.9 Å².